The molecule has 1 unspecified atom stereocenters. The Balaban J connectivity index is 1.41. The second-order valence-corrected chi connectivity index (χ2v) is 12.4. The number of nitrogens with zero attached hydrogens (tertiary/aromatic N) is 2. The topological polar surface area (TPSA) is 96.0 Å². The predicted molar refractivity (Wildman–Crippen MR) is 162 cm³/mol. The van der Waals surface area contributed by atoms with E-state index in [9.17, 15) is 18.0 Å². The van der Waals surface area contributed by atoms with Gasteiger partial charge in [-0.15, -0.1) is 0 Å². The van der Waals surface area contributed by atoms with E-state index in [1.807, 2.05) is 37.3 Å². The second kappa shape index (κ2) is 12.8. The smallest absolute Gasteiger partial charge is 0.263 e. The van der Waals surface area contributed by atoms with Gasteiger partial charge in [-0.2, -0.15) is 4.31 Å². The van der Waals surface area contributed by atoms with Gasteiger partial charge in [-0.3, -0.25) is 9.59 Å². The maximum atomic E-state index is 13.9. The van der Waals surface area contributed by atoms with Crippen LogP contribution in [0.4, 0.5) is 5.69 Å². The number of sulfonamides is 1. The second-order valence-electron chi connectivity index (χ2n) is 10.00. The molecule has 216 valence electrons. The number of anilines is 1. The number of rotatable bonds is 9. The number of ether oxygens (including phenoxy) is 1. The van der Waals surface area contributed by atoms with E-state index in [-0.39, 0.29) is 23.9 Å². The molecular weight excluding hydrogens is 574 g/mol. The molecule has 0 aromatic heterocycles. The van der Waals surface area contributed by atoms with E-state index in [4.69, 9.17) is 16.3 Å². The first kappa shape index (κ1) is 29.3. The number of para-hydroxylation sites is 2. The summed E-state index contributed by atoms with van der Waals surface area (Å²) in [6.07, 6.45) is -0.984. The molecule has 10 heteroatoms. The Morgan fingerprint density at radius 3 is 2.36 bits per heavy atom. The van der Waals surface area contributed by atoms with Gasteiger partial charge in [0.05, 0.1) is 23.7 Å². The average Bonchev–Trinajstić information content (AvgIpc) is 2.99. The summed E-state index contributed by atoms with van der Waals surface area (Å²) in [5.74, 6) is -0.515. The molecule has 4 aromatic rings. The lowest BCUT2D eigenvalue weighted by Crippen LogP contribution is -2.52. The van der Waals surface area contributed by atoms with Crippen LogP contribution >= 0.6 is 11.6 Å². The first-order valence-electron chi connectivity index (χ1n) is 13.4. The summed E-state index contributed by atoms with van der Waals surface area (Å²) in [6, 6.07) is 29.7. The van der Waals surface area contributed by atoms with Crippen molar-refractivity contribution >= 4 is 39.1 Å². The Morgan fingerprint density at radius 1 is 0.929 bits per heavy atom. The van der Waals surface area contributed by atoms with Crippen LogP contribution in [0, 0.1) is 6.92 Å². The molecule has 2 amide bonds. The number of nitrogens with one attached hydrogen (secondary N) is 1. The van der Waals surface area contributed by atoms with E-state index in [2.05, 4.69) is 5.32 Å². The molecule has 1 atom stereocenters. The van der Waals surface area contributed by atoms with Crippen LogP contribution in [0.25, 0.3) is 0 Å². The van der Waals surface area contributed by atoms with Gasteiger partial charge in [0.15, 0.2) is 6.10 Å². The van der Waals surface area contributed by atoms with Crippen LogP contribution in [-0.2, 0) is 32.7 Å². The fourth-order valence-electron chi connectivity index (χ4n) is 4.67. The van der Waals surface area contributed by atoms with E-state index in [1.54, 1.807) is 60.7 Å². The van der Waals surface area contributed by atoms with Crippen LogP contribution in [0.5, 0.6) is 5.75 Å². The Bertz CT molecular complexity index is 1680. The summed E-state index contributed by atoms with van der Waals surface area (Å²) in [5, 5.41) is 3.32. The highest BCUT2D eigenvalue weighted by Gasteiger charge is 2.36. The van der Waals surface area contributed by atoms with E-state index in [0.717, 1.165) is 15.4 Å². The third-order valence-electron chi connectivity index (χ3n) is 6.90. The third-order valence-corrected chi connectivity index (χ3v) is 8.94. The minimum absolute atomic E-state index is 0.0727. The summed E-state index contributed by atoms with van der Waals surface area (Å²) in [5.41, 5.74) is 2.93. The largest absolute Gasteiger partial charge is 0.477 e. The van der Waals surface area contributed by atoms with E-state index < -0.39 is 28.6 Å². The Kier molecular flexibility index (Phi) is 8.91. The van der Waals surface area contributed by atoms with Gasteiger partial charge in [-0.05, 0) is 54.4 Å². The number of benzene rings is 4. The van der Waals surface area contributed by atoms with Crippen LogP contribution in [0.2, 0.25) is 5.02 Å². The number of carbonyl (C=O) groups excluding carboxylic acids is 2. The average molecular weight is 604 g/mol. The number of carbonyl (C=O) groups is 2. The number of hydrogen-bond acceptors (Lipinski definition) is 5. The lowest BCUT2D eigenvalue weighted by Gasteiger charge is -2.35. The molecule has 0 bridgehead atoms. The Morgan fingerprint density at radius 2 is 1.62 bits per heavy atom. The summed E-state index contributed by atoms with van der Waals surface area (Å²) < 4.78 is 34.8. The van der Waals surface area contributed by atoms with Gasteiger partial charge in [-0.25, -0.2) is 8.42 Å². The zero-order valence-corrected chi connectivity index (χ0v) is 24.5. The van der Waals surface area contributed by atoms with Crippen molar-refractivity contribution in [2.75, 3.05) is 18.0 Å². The molecule has 8 nitrogen and oxygen atoms in total. The minimum Gasteiger partial charge on any atom is -0.477 e. The van der Waals surface area contributed by atoms with Gasteiger partial charge in [0, 0.05) is 18.1 Å². The van der Waals surface area contributed by atoms with Crippen molar-refractivity contribution in [3.05, 3.63) is 125 Å². The molecule has 1 aliphatic rings. The quantitative estimate of drug-likeness (QED) is 0.292. The summed E-state index contributed by atoms with van der Waals surface area (Å²) >= 11 is 6.18. The first-order valence-corrected chi connectivity index (χ1v) is 15.2. The molecule has 0 saturated carbocycles. The van der Waals surface area contributed by atoms with Gasteiger partial charge in [0.25, 0.3) is 5.91 Å². The molecule has 1 heterocycles. The van der Waals surface area contributed by atoms with Crippen LogP contribution in [0.1, 0.15) is 16.7 Å². The maximum absolute atomic E-state index is 13.9. The summed E-state index contributed by atoms with van der Waals surface area (Å²) in [6.45, 7) is 1.56. The van der Waals surface area contributed by atoms with Crippen molar-refractivity contribution in [3.63, 3.8) is 0 Å². The van der Waals surface area contributed by atoms with Gasteiger partial charge in [0.1, 0.15) is 5.75 Å². The molecule has 1 N–H and O–H groups in total. The SMILES string of the molecule is Cc1ccc(S(=O)(=O)N(CC(=O)N2CC(C(=O)NCc3ccccc3)Oc3ccccc32)Cc2cccc(Cl)c2)cc1. The van der Waals surface area contributed by atoms with Crippen molar-refractivity contribution < 1.29 is 22.7 Å². The Labute approximate surface area is 250 Å². The van der Waals surface area contributed by atoms with Crippen molar-refractivity contribution in [1.82, 2.24) is 9.62 Å². The van der Waals surface area contributed by atoms with Crippen molar-refractivity contribution in [1.29, 1.82) is 0 Å². The molecular formula is C32H30ClN3O5S. The van der Waals surface area contributed by atoms with E-state index in [1.165, 1.54) is 17.0 Å². The monoisotopic (exact) mass is 603 g/mol. The molecule has 5 rings (SSSR count). The van der Waals surface area contributed by atoms with Crippen molar-refractivity contribution in [2.24, 2.45) is 0 Å². The van der Waals surface area contributed by atoms with Crippen LogP contribution in [0.15, 0.2) is 108 Å². The molecule has 0 saturated heterocycles. The maximum Gasteiger partial charge on any atom is 0.263 e. The highest BCUT2D eigenvalue weighted by atomic mass is 35.5. The van der Waals surface area contributed by atoms with E-state index in [0.29, 0.717) is 28.6 Å². The van der Waals surface area contributed by atoms with Crippen LogP contribution < -0.4 is 15.0 Å². The standard InChI is InChI=1S/C32H30ClN3O5S/c1-23-14-16-27(17-15-23)42(39,40)35(20-25-10-7-11-26(33)18-25)22-31(37)36-21-30(41-29-13-6-5-12-28(29)36)32(38)34-19-24-8-3-2-4-9-24/h2-18,30H,19-22H2,1H3,(H,34,38). The number of fused-ring (bicyclic) bond motifs is 1. The fourth-order valence-corrected chi connectivity index (χ4v) is 6.26. The summed E-state index contributed by atoms with van der Waals surface area (Å²) in [7, 11) is -4.08. The van der Waals surface area contributed by atoms with Crippen LogP contribution in [0.3, 0.4) is 0 Å². The normalized spacial score (nSPS) is 14.6. The molecule has 0 radical (unpaired) electrons. The third kappa shape index (κ3) is 6.82. The number of hydrogen-bond donors (Lipinski definition) is 1. The van der Waals surface area contributed by atoms with Gasteiger partial charge in [0.2, 0.25) is 15.9 Å². The minimum atomic E-state index is -4.08. The number of aryl methyl sites for hydroxylation is 1. The molecule has 4 aromatic carbocycles. The highest BCUT2D eigenvalue weighted by molar-refractivity contribution is 7.89. The van der Waals surface area contributed by atoms with Crippen molar-refractivity contribution in [2.45, 2.75) is 31.0 Å². The van der Waals surface area contributed by atoms with Crippen LogP contribution in [-0.4, -0.2) is 43.7 Å². The fraction of sp³-hybridized carbons (Fsp3) is 0.188. The first-order chi connectivity index (χ1) is 20.2. The van der Waals surface area contributed by atoms with Gasteiger partial charge >= 0.3 is 0 Å². The molecule has 42 heavy (non-hydrogen) atoms. The van der Waals surface area contributed by atoms with E-state index >= 15 is 0 Å². The Hall–Kier alpha value is -4.18. The van der Waals surface area contributed by atoms with Crippen molar-refractivity contribution in [3.8, 4) is 5.75 Å². The number of amides is 2. The molecule has 0 spiro atoms. The van der Waals surface area contributed by atoms with Gasteiger partial charge < -0.3 is 15.0 Å². The highest BCUT2D eigenvalue weighted by Crippen LogP contribution is 2.34. The lowest BCUT2D eigenvalue weighted by molar-refractivity contribution is -0.128. The molecule has 0 aliphatic carbocycles. The predicted octanol–water partition coefficient (Wildman–Crippen LogP) is 4.95. The van der Waals surface area contributed by atoms with Gasteiger partial charge in [-0.1, -0.05) is 83.9 Å². The molecule has 1 aliphatic heterocycles. The zero-order chi connectivity index (χ0) is 29.7. The number of halogens is 1. The molecule has 0 fully saturated rings. The summed E-state index contributed by atoms with van der Waals surface area (Å²) in [4.78, 5) is 28.5. The zero-order valence-electron chi connectivity index (χ0n) is 22.9. The lowest BCUT2D eigenvalue weighted by atomic mass is 10.1.